The first-order valence-electron chi connectivity index (χ1n) is 15.9. The van der Waals surface area contributed by atoms with E-state index >= 15 is 0 Å². The summed E-state index contributed by atoms with van der Waals surface area (Å²) in [7, 11) is 0. The second kappa shape index (κ2) is 16.6. The molecule has 0 aromatic rings. The quantitative estimate of drug-likeness (QED) is 0.157. The van der Waals surface area contributed by atoms with Crippen LogP contribution in [0, 0.1) is 5.92 Å². The van der Waals surface area contributed by atoms with Crippen molar-refractivity contribution in [3.8, 4) is 0 Å². The lowest BCUT2D eigenvalue weighted by Crippen LogP contribution is -2.61. The van der Waals surface area contributed by atoms with Gasteiger partial charge >= 0.3 is 11.9 Å². The number of carbonyl (C=O) groups is 2. The zero-order valence-electron chi connectivity index (χ0n) is 26.4. The molecule has 0 saturated carbocycles. The second-order valence-corrected chi connectivity index (χ2v) is 12.6. The highest BCUT2D eigenvalue weighted by Crippen LogP contribution is 2.39. The molecule has 14 heteroatoms. The minimum atomic E-state index is -2.10. The SMILES string of the molecule is CC1C/C=C/C=C\C=C\C=C\C(O[C@@H]2O[C@H](C)[C@@H](O)[C@H](N)[C@@H]2O)CC2OC(O)(CC(O)CC3OC3/C=C/C(=O)O1)CC(O)C2C(=O)O. The number of fused-ring (bicyclic) bond motifs is 3. The Hall–Kier alpha value is -2.76. The number of allylic oxidation sites excluding steroid dienone is 6. The third-order valence-electron chi connectivity index (χ3n) is 8.58. The molecule has 0 aliphatic carbocycles. The van der Waals surface area contributed by atoms with E-state index in [0.29, 0.717) is 6.42 Å². The molecular weight excluding hydrogens is 618 g/mol. The molecule has 4 rings (SSSR count). The van der Waals surface area contributed by atoms with Crippen molar-refractivity contribution in [2.75, 3.05) is 0 Å². The van der Waals surface area contributed by atoms with Gasteiger partial charge in [-0.05, 0) is 19.9 Å². The van der Waals surface area contributed by atoms with E-state index in [0.717, 1.165) is 0 Å². The summed E-state index contributed by atoms with van der Waals surface area (Å²) < 4.78 is 28.5. The number of esters is 1. The third-order valence-corrected chi connectivity index (χ3v) is 8.58. The maximum absolute atomic E-state index is 12.3. The fourth-order valence-corrected chi connectivity index (χ4v) is 6.00. The number of carbonyl (C=O) groups excluding carboxylic acids is 1. The number of aliphatic hydroxyl groups excluding tert-OH is 4. The molecule has 0 radical (unpaired) electrons. The lowest BCUT2D eigenvalue weighted by Gasteiger charge is -2.45. The van der Waals surface area contributed by atoms with Crippen LogP contribution in [0.2, 0.25) is 0 Å². The molecule has 2 bridgehead atoms. The minimum Gasteiger partial charge on any atom is -0.481 e. The Bertz CT molecular complexity index is 1220. The van der Waals surface area contributed by atoms with Gasteiger partial charge in [0.1, 0.15) is 24.2 Å². The minimum absolute atomic E-state index is 0.0789. The monoisotopic (exact) mass is 665 g/mol. The standard InChI is InChI=1S/C33H47NO13/c1-18-10-8-6-4-3-5-7-9-11-21(45-32-30(39)28(34)29(38)19(2)44-32)15-25-27(31(40)41)22(36)17-33(42,47-25)16-20(35)14-24-23(46-24)12-13-26(37)43-18/h3-9,11-13,18-25,27-30,32,35-36,38-39,42H,10,14-17,34H2,1-2H3,(H,40,41)/b4-3-,7-5+,8-6+,11-9+,13-12+/t18?,19-,20?,21?,22?,23?,24?,25?,27?,28+,29-,30+,32+,33?/m1/s1. The van der Waals surface area contributed by atoms with Crippen LogP contribution in [0.3, 0.4) is 0 Å². The molecule has 8 N–H and O–H groups in total. The Kier molecular flexibility index (Phi) is 13.1. The summed E-state index contributed by atoms with van der Waals surface area (Å²) in [5.41, 5.74) is 5.98. The number of hydrogen-bond acceptors (Lipinski definition) is 13. The first-order chi connectivity index (χ1) is 22.3. The van der Waals surface area contributed by atoms with Crippen molar-refractivity contribution in [2.24, 2.45) is 11.7 Å². The van der Waals surface area contributed by atoms with Crippen LogP contribution in [0.4, 0.5) is 0 Å². The van der Waals surface area contributed by atoms with E-state index in [2.05, 4.69) is 0 Å². The molecule has 0 spiro atoms. The summed E-state index contributed by atoms with van der Waals surface area (Å²) in [6.45, 7) is 3.34. The molecule has 0 aromatic heterocycles. The van der Waals surface area contributed by atoms with Gasteiger partial charge in [0.2, 0.25) is 0 Å². The molecule has 4 heterocycles. The third kappa shape index (κ3) is 10.6. The van der Waals surface area contributed by atoms with Gasteiger partial charge in [0.05, 0.1) is 48.8 Å². The van der Waals surface area contributed by atoms with Gasteiger partial charge in [-0.1, -0.05) is 48.6 Å². The summed E-state index contributed by atoms with van der Waals surface area (Å²) in [4.78, 5) is 24.4. The number of aliphatic hydroxyl groups is 5. The Morgan fingerprint density at radius 1 is 0.936 bits per heavy atom. The topological polar surface area (TPSA) is 231 Å². The summed E-state index contributed by atoms with van der Waals surface area (Å²) in [5.74, 6) is -5.45. The van der Waals surface area contributed by atoms with E-state index in [1.54, 1.807) is 56.4 Å². The van der Waals surface area contributed by atoms with E-state index in [9.17, 15) is 40.2 Å². The average molecular weight is 666 g/mol. The molecule has 4 aliphatic heterocycles. The predicted molar refractivity (Wildman–Crippen MR) is 165 cm³/mol. The van der Waals surface area contributed by atoms with Gasteiger partial charge in [0.25, 0.3) is 0 Å². The molecule has 3 saturated heterocycles. The van der Waals surface area contributed by atoms with Crippen LogP contribution in [-0.4, -0.2) is 122 Å². The molecule has 3 fully saturated rings. The van der Waals surface area contributed by atoms with Gasteiger partial charge in [-0.25, -0.2) is 4.79 Å². The van der Waals surface area contributed by atoms with E-state index in [1.807, 2.05) is 6.08 Å². The number of carboxylic acids is 1. The molecule has 4 aliphatic rings. The van der Waals surface area contributed by atoms with Gasteiger partial charge in [-0.2, -0.15) is 0 Å². The maximum Gasteiger partial charge on any atom is 0.330 e. The van der Waals surface area contributed by atoms with E-state index < -0.39 is 97.3 Å². The average Bonchev–Trinajstić information content (AvgIpc) is 3.72. The van der Waals surface area contributed by atoms with Crippen LogP contribution in [0.5, 0.6) is 0 Å². The largest absolute Gasteiger partial charge is 0.481 e. The lowest BCUT2D eigenvalue weighted by atomic mass is 9.83. The lowest BCUT2D eigenvalue weighted by molar-refractivity contribution is -0.308. The molecule has 262 valence electrons. The first kappa shape index (κ1) is 37.1. The van der Waals surface area contributed by atoms with Crippen molar-refractivity contribution >= 4 is 11.9 Å². The summed E-state index contributed by atoms with van der Waals surface area (Å²) in [5, 5.41) is 63.9. The van der Waals surface area contributed by atoms with Gasteiger partial charge < -0.3 is 60.1 Å². The zero-order chi connectivity index (χ0) is 34.3. The van der Waals surface area contributed by atoms with Crippen molar-refractivity contribution in [1.82, 2.24) is 0 Å². The van der Waals surface area contributed by atoms with Crippen molar-refractivity contribution in [1.29, 1.82) is 0 Å². The van der Waals surface area contributed by atoms with Gasteiger partial charge in [-0.15, -0.1) is 0 Å². The number of nitrogens with two attached hydrogens (primary N) is 1. The molecular formula is C33H47NO13. The van der Waals surface area contributed by atoms with E-state index in [-0.39, 0.29) is 25.4 Å². The number of ether oxygens (including phenoxy) is 5. The van der Waals surface area contributed by atoms with E-state index in [1.165, 1.54) is 12.2 Å². The van der Waals surface area contributed by atoms with Gasteiger partial charge in [0.15, 0.2) is 12.1 Å². The number of carboxylic acid groups (broad SMARTS) is 1. The fraction of sp³-hybridized carbons (Fsp3) is 0.636. The van der Waals surface area contributed by atoms with Crippen LogP contribution in [0.25, 0.3) is 0 Å². The molecule has 0 amide bonds. The molecule has 14 nitrogen and oxygen atoms in total. The maximum atomic E-state index is 12.3. The number of cyclic esters (lactones) is 1. The zero-order valence-corrected chi connectivity index (χ0v) is 26.4. The smallest absolute Gasteiger partial charge is 0.330 e. The predicted octanol–water partition coefficient (Wildman–Crippen LogP) is 0.120. The number of aliphatic carboxylic acids is 1. The molecule has 0 aromatic carbocycles. The fourth-order valence-electron chi connectivity index (χ4n) is 6.00. The Balaban J connectivity index is 1.58. The number of hydrogen-bond donors (Lipinski definition) is 7. The van der Waals surface area contributed by atoms with Gasteiger partial charge in [-0.3, -0.25) is 4.79 Å². The highest BCUT2D eigenvalue weighted by Gasteiger charge is 2.51. The van der Waals surface area contributed by atoms with Crippen molar-refractivity contribution in [2.45, 2.75) is 125 Å². The Morgan fingerprint density at radius 3 is 2.36 bits per heavy atom. The van der Waals surface area contributed by atoms with Gasteiger partial charge in [0, 0.05) is 38.2 Å². The van der Waals surface area contributed by atoms with Crippen molar-refractivity contribution in [3.63, 3.8) is 0 Å². The highest BCUT2D eigenvalue weighted by atomic mass is 16.7. The second-order valence-electron chi connectivity index (χ2n) is 12.6. The highest BCUT2D eigenvalue weighted by molar-refractivity contribution is 5.82. The molecule has 47 heavy (non-hydrogen) atoms. The van der Waals surface area contributed by atoms with Crippen LogP contribution >= 0.6 is 0 Å². The summed E-state index contributed by atoms with van der Waals surface area (Å²) in [6.07, 6.45) is 5.25. The van der Waals surface area contributed by atoms with Crippen LogP contribution in [0.15, 0.2) is 60.8 Å². The number of epoxide rings is 1. The first-order valence-corrected chi connectivity index (χ1v) is 15.9. The van der Waals surface area contributed by atoms with Crippen molar-refractivity contribution in [3.05, 3.63) is 60.8 Å². The van der Waals surface area contributed by atoms with Crippen LogP contribution in [0.1, 0.15) is 46.0 Å². The summed E-state index contributed by atoms with van der Waals surface area (Å²) >= 11 is 0. The molecule has 14 atom stereocenters. The Morgan fingerprint density at radius 2 is 1.64 bits per heavy atom. The Labute approximate surface area is 273 Å². The number of rotatable bonds is 3. The van der Waals surface area contributed by atoms with Crippen LogP contribution in [-0.2, 0) is 33.3 Å². The van der Waals surface area contributed by atoms with E-state index in [4.69, 9.17) is 29.4 Å². The normalized spacial score (nSPS) is 47.2. The molecule has 9 unspecified atom stereocenters. The van der Waals surface area contributed by atoms with Crippen LogP contribution < -0.4 is 5.73 Å². The van der Waals surface area contributed by atoms with Crippen molar-refractivity contribution < 1.29 is 63.9 Å². The summed E-state index contributed by atoms with van der Waals surface area (Å²) in [6, 6.07) is -1.08.